The van der Waals surface area contributed by atoms with Crippen molar-refractivity contribution in [2.24, 2.45) is 7.05 Å². The van der Waals surface area contributed by atoms with Gasteiger partial charge in [-0.25, -0.2) is 0 Å². The van der Waals surface area contributed by atoms with Crippen LogP contribution in [0.2, 0.25) is 0 Å². The van der Waals surface area contributed by atoms with E-state index in [1.54, 1.807) is 17.9 Å². The van der Waals surface area contributed by atoms with E-state index in [9.17, 15) is 4.79 Å². The zero-order chi connectivity index (χ0) is 9.30. The van der Waals surface area contributed by atoms with E-state index in [0.29, 0.717) is 5.56 Å². The Morgan fingerprint density at radius 1 is 1.67 bits per heavy atom. The maximum atomic E-state index is 10.9. The lowest BCUT2D eigenvalue weighted by Crippen LogP contribution is -1.97. The van der Waals surface area contributed by atoms with Crippen molar-refractivity contribution in [3.05, 3.63) is 17.5 Å². The van der Waals surface area contributed by atoms with Crippen LogP contribution in [0.5, 0.6) is 0 Å². The van der Waals surface area contributed by atoms with Crippen LogP contribution in [0.25, 0.3) is 0 Å². The number of halogens is 1. The lowest BCUT2D eigenvalue weighted by Gasteiger charge is -1.99. The Morgan fingerprint density at radius 3 is 2.58 bits per heavy atom. The van der Waals surface area contributed by atoms with Crippen molar-refractivity contribution in [1.82, 2.24) is 9.78 Å². The zero-order valence-electron chi connectivity index (χ0n) is 7.34. The fraction of sp³-hybridized carbons (Fsp3) is 0.500. The molecule has 0 atom stereocenters. The molecule has 1 rings (SSSR count). The molecule has 0 fully saturated rings. The minimum Gasteiger partial charge on any atom is -0.275 e. The first-order chi connectivity index (χ1) is 5.52. The van der Waals surface area contributed by atoms with Crippen LogP contribution < -0.4 is 0 Å². The Labute approximate surface area is 76.3 Å². The molecule has 0 radical (unpaired) electrons. The Bertz CT molecular complexity index is 304. The molecular weight excluding hydrogens is 176 g/mol. The predicted octanol–water partition coefficient (Wildman–Crippen LogP) is 1.92. The van der Waals surface area contributed by atoms with E-state index in [2.05, 4.69) is 5.10 Å². The topological polar surface area (TPSA) is 34.9 Å². The van der Waals surface area contributed by atoms with Gasteiger partial charge in [0.2, 0.25) is 0 Å². The molecule has 0 aliphatic carbocycles. The number of hydrogen-bond donors (Lipinski definition) is 0. The second-order valence-electron chi connectivity index (χ2n) is 3.03. The van der Waals surface area contributed by atoms with Gasteiger partial charge in [-0.15, -0.1) is 0 Å². The molecule has 0 spiro atoms. The van der Waals surface area contributed by atoms with Crippen LogP contribution in [-0.2, 0) is 7.05 Å². The molecular formula is C8H11ClN2O. The van der Waals surface area contributed by atoms with Crippen molar-refractivity contribution in [2.45, 2.75) is 19.8 Å². The summed E-state index contributed by atoms with van der Waals surface area (Å²) in [5.74, 6) is 0.226. The SMILES string of the molecule is CC(C)c1nn(C)cc1C(=O)Cl. The first-order valence-electron chi connectivity index (χ1n) is 3.75. The molecule has 0 saturated heterocycles. The van der Waals surface area contributed by atoms with Gasteiger partial charge in [0.05, 0.1) is 11.3 Å². The molecule has 0 bridgehead atoms. The van der Waals surface area contributed by atoms with Gasteiger partial charge in [0, 0.05) is 13.2 Å². The van der Waals surface area contributed by atoms with Gasteiger partial charge in [0.1, 0.15) is 0 Å². The van der Waals surface area contributed by atoms with Crippen molar-refractivity contribution in [3.8, 4) is 0 Å². The summed E-state index contributed by atoms with van der Waals surface area (Å²) in [6.45, 7) is 3.96. The number of aromatic nitrogens is 2. The van der Waals surface area contributed by atoms with Crippen molar-refractivity contribution < 1.29 is 4.79 Å². The fourth-order valence-corrected chi connectivity index (χ4v) is 1.23. The van der Waals surface area contributed by atoms with Gasteiger partial charge in [0.15, 0.2) is 0 Å². The Kier molecular flexibility index (Phi) is 2.52. The van der Waals surface area contributed by atoms with Crippen LogP contribution in [0.15, 0.2) is 6.20 Å². The summed E-state index contributed by atoms with van der Waals surface area (Å²) in [4.78, 5) is 10.9. The van der Waals surface area contributed by atoms with Gasteiger partial charge in [0.25, 0.3) is 5.24 Å². The molecule has 1 aromatic rings. The molecule has 3 nitrogen and oxygen atoms in total. The third-order valence-corrected chi connectivity index (χ3v) is 1.82. The van der Waals surface area contributed by atoms with Crippen molar-refractivity contribution in [1.29, 1.82) is 0 Å². The van der Waals surface area contributed by atoms with Crippen LogP contribution in [-0.4, -0.2) is 15.0 Å². The number of carbonyl (C=O) groups excluding carboxylic acids is 1. The monoisotopic (exact) mass is 186 g/mol. The number of nitrogens with zero attached hydrogens (tertiary/aromatic N) is 2. The molecule has 1 heterocycles. The highest BCUT2D eigenvalue weighted by atomic mass is 35.5. The van der Waals surface area contributed by atoms with Gasteiger partial charge in [-0.3, -0.25) is 9.48 Å². The predicted molar refractivity (Wildman–Crippen MR) is 47.5 cm³/mol. The standard InChI is InChI=1S/C8H11ClN2O/c1-5(2)7-6(8(9)12)4-11(3)10-7/h4-5H,1-3H3. The van der Waals surface area contributed by atoms with Crippen LogP contribution in [0, 0.1) is 0 Å². The summed E-state index contributed by atoms with van der Waals surface area (Å²) in [5.41, 5.74) is 1.27. The molecule has 4 heteroatoms. The van der Waals surface area contributed by atoms with E-state index in [4.69, 9.17) is 11.6 Å². The molecule has 0 N–H and O–H groups in total. The van der Waals surface area contributed by atoms with Gasteiger partial charge in [-0.2, -0.15) is 5.10 Å². The summed E-state index contributed by atoms with van der Waals surface area (Å²) in [6.07, 6.45) is 1.64. The summed E-state index contributed by atoms with van der Waals surface area (Å²) < 4.78 is 1.60. The van der Waals surface area contributed by atoms with Gasteiger partial charge < -0.3 is 0 Å². The van der Waals surface area contributed by atoms with E-state index in [1.165, 1.54) is 0 Å². The third kappa shape index (κ3) is 1.67. The van der Waals surface area contributed by atoms with Crippen LogP contribution in [0.3, 0.4) is 0 Å². The van der Waals surface area contributed by atoms with Gasteiger partial charge >= 0.3 is 0 Å². The molecule has 0 aliphatic rings. The summed E-state index contributed by atoms with van der Waals surface area (Å²) in [5, 5.41) is 3.70. The molecule has 1 aromatic heterocycles. The van der Waals surface area contributed by atoms with Crippen molar-refractivity contribution in [3.63, 3.8) is 0 Å². The van der Waals surface area contributed by atoms with Gasteiger partial charge in [-0.1, -0.05) is 13.8 Å². The van der Waals surface area contributed by atoms with Crippen LogP contribution in [0.1, 0.15) is 35.8 Å². The second-order valence-corrected chi connectivity index (χ2v) is 3.37. The quantitative estimate of drug-likeness (QED) is 0.662. The molecule has 0 aromatic carbocycles. The van der Waals surface area contributed by atoms with E-state index < -0.39 is 5.24 Å². The summed E-state index contributed by atoms with van der Waals surface area (Å²) >= 11 is 5.37. The highest BCUT2D eigenvalue weighted by molar-refractivity contribution is 6.67. The lowest BCUT2D eigenvalue weighted by molar-refractivity contribution is 0.108. The Morgan fingerprint density at radius 2 is 2.25 bits per heavy atom. The number of carbonyl (C=O) groups is 1. The van der Waals surface area contributed by atoms with Crippen molar-refractivity contribution >= 4 is 16.8 Å². The van der Waals surface area contributed by atoms with Crippen LogP contribution in [0.4, 0.5) is 0 Å². The first kappa shape index (κ1) is 9.26. The maximum Gasteiger partial charge on any atom is 0.255 e. The van der Waals surface area contributed by atoms with Crippen molar-refractivity contribution in [2.75, 3.05) is 0 Å². The molecule has 0 saturated carbocycles. The largest absolute Gasteiger partial charge is 0.275 e. The minimum atomic E-state index is -0.438. The van der Waals surface area contributed by atoms with E-state index in [1.807, 2.05) is 13.8 Å². The highest BCUT2D eigenvalue weighted by Crippen LogP contribution is 2.18. The average molecular weight is 187 g/mol. The van der Waals surface area contributed by atoms with E-state index in [0.717, 1.165) is 5.69 Å². The molecule has 0 amide bonds. The lowest BCUT2D eigenvalue weighted by atomic mass is 10.1. The molecule has 0 aliphatic heterocycles. The van der Waals surface area contributed by atoms with Gasteiger partial charge in [-0.05, 0) is 17.5 Å². The van der Waals surface area contributed by atoms with E-state index >= 15 is 0 Å². The average Bonchev–Trinajstić information content (AvgIpc) is 2.31. The molecule has 66 valence electrons. The highest BCUT2D eigenvalue weighted by Gasteiger charge is 2.15. The molecule has 0 unspecified atom stereocenters. The summed E-state index contributed by atoms with van der Waals surface area (Å²) in [7, 11) is 1.77. The smallest absolute Gasteiger partial charge is 0.255 e. The second kappa shape index (κ2) is 3.27. The third-order valence-electron chi connectivity index (χ3n) is 1.62. The Balaban J connectivity index is 3.17. The minimum absolute atomic E-state index is 0.226. The normalized spacial score (nSPS) is 10.8. The summed E-state index contributed by atoms with van der Waals surface area (Å²) in [6, 6.07) is 0. The maximum absolute atomic E-state index is 10.9. The first-order valence-corrected chi connectivity index (χ1v) is 4.13. The zero-order valence-corrected chi connectivity index (χ0v) is 8.09. The number of hydrogen-bond acceptors (Lipinski definition) is 2. The molecule has 12 heavy (non-hydrogen) atoms. The van der Waals surface area contributed by atoms with E-state index in [-0.39, 0.29) is 5.92 Å². The Hall–Kier alpha value is -0.830. The van der Waals surface area contributed by atoms with Crippen LogP contribution >= 0.6 is 11.6 Å². The number of rotatable bonds is 2. The fourth-order valence-electron chi connectivity index (χ4n) is 1.08. The number of aryl methyl sites for hydroxylation is 1.